The van der Waals surface area contributed by atoms with Crippen molar-refractivity contribution in [3.05, 3.63) is 0 Å². The molecule has 4 atom stereocenters. The van der Waals surface area contributed by atoms with Crippen molar-refractivity contribution in [2.45, 2.75) is 56.9 Å². The van der Waals surface area contributed by atoms with Crippen molar-refractivity contribution in [3.63, 3.8) is 0 Å². The highest BCUT2D eigenvalue weighted by atomic mass is 16.5. The Balaban J connectivity index is 1.92. The molecule has 1 heterocycles. The molecular formula is C12H24N2O2. The minimum Gasteiger partial charge on any atom is -0.391 e. The summed E-state index contributed by atoms with van der Waals surface area (Å²) in [6.07, 6.45) is 4.45. The van der Waals surface area contributed by atoms with E-state index in [1.54, 1.807) is 0 Å². The van der Waals surface area contributed by atoms with E-state index in [0.717, 1.165) is 32.5 Å². The van der Waals surface area contributed by atoms with E-state index in [-0.39, 0.29) is 18.2 Å². The van der Waals surface area contributed by atoms with Gasteiger partial charge in [0.25, 0.3) is 0 Å². The Morgan fingerprint density at radius 3 is 2.81 bits per heavy atom. The Labute approximate surface area is 97.7 Å². The topological polar surface area (TPSA) is 58.7 Å². The summed E-state index contributed by atoms with van der Waals surface area (Å²) in [6.45, 7) is 4.55. The molecule has 4 unspecified atom stereocenters. The van der Waals surface area contributed by atoms with Gasteiger partial charge in [-0.15, -0.1) is 0 Å². The van der Waals surface area contributed by atoms with Crippen molar-refractivity contribution >= 4 is 0 Å². The summed E-state index contributed by atoms with van der Waals surface area (Å²) in [5.41, 5.74) is 5.88. The monoisotopic (exact) mass is 228 g/mol. The molecule has 0 aromatic rings. The van der Waals surface area contributed by atoms with Gasteiger partial charge in [-0.05, 0) is 19.8 Å². The quantitative estimate of drug-likeness (QED) is 0.715. The lowest BCUT2D eigenvalue weighted by atomic mass is 9.90. The molecule has 2 aliphatic rings. The smallest absolute Gasteiger partial charge is 0.0850 e. The molecule has 2 fully saturated rings. The largest absolute Gasteiger partial charge is 0.391 e. The third-order valence-corrected chi connectivity index (χ3v) is 3.87. The summed E-state index contributed by atoms with van der Waals surface area (Å²) in [5.74, 6) is 0. The molecule has 1 aliphatic carbocycles. The highest BCUT2D eigenvalue weighted by molar-refractivity contribution is 4.87. The van der Waals surface area contributed by atoms with Crippen molar-refractivity contribution < 1.29 is 9.84 Å². The zero-order chi connectivity index (χ0) is 11.5. The summed E-state index contributed by atoms with van der Waals surface area (Å²) in [7, 11) is 0. The minimum atomic E-state index is -0.152. The fourth-order valence-corrected chi connectivity index (χ4v) is 2.83. The molecule has 3 N–H and O–H groups in total. The maximum absolute atomic E-state index is 10.0. The maximum Gasteiger partial charge on any atom is 0.0850 e. The standard InChI is InChI=1S/C12H24N2O2/c1-9(13)12-8-14(6-7-16-12)10-4-2-3-5-11(10)15/h9-12,15H,2-8,13H2,1H3. The number of hydrogen-bond donors (Lipinski definition) is 2. The first-order valence-electron chi connectivity index (χ1n) is 6.48. The van der Waals surface area contributed by atoms with Crippen LogP contribution in [0.3, 0.4) is 0 Å². The molecule has 0 amide bonds. The summed E-state index contributed by atoms with van der Waals surface area (Å²) in [4.78, 5) is 2.38. The number of ether oxygens (including phenoxy) is 1. The van der Waals surface area contributed by atoms with E-state index in [1.807, 2.05) is 6.92 Å². The van der Waals surface area contributed by atoms with Crippen LogP contribution in [0.5, 0.6) is 0 Å². The van der Waals surface area contributed by atoms with Crippen LogP contribution in [0.1, 0.15) is 32.6 Å². The van der Waals surface area contributed by atoms with Gasteiger partial charge in [0.05, 0.1) is 18.8 Å². The van der Waals surface area contributed by atoms with Crippen LogP contribution in [0, 0.1) is 0 Å². The number of hydrogen-bond acceptors (Lipinski definition) is 4. The van der Waals surface area contributed by atoms with Crippen LogP contribution >= 0.6 is 0 Å². The number of nitrogens with two attached hydrogens (primary N) is 1. The molecule has 0 aromatic heterocycles. The molecule has 4 nitrogen and oxygen atoms in total. The molecule has 4 heteroatoms. The van der Waals surface area contributed by atoms with Gasteiger partial charge in [0.1, 0.15) is 0 Å². The molecule has 1 saturated carbocycles. The van der Waals surface area contributed by atoms with Crippen molar-refractivity contribution in [1.82, 2.24) is 4.90 Å². The van der Waals surface area contributed by atoms with Crippen LogP contribution in [0.25, 0.3) is 0 Å². The molecular weight excluding hydrogens is 204 g/mol. The molecule has 1 saturated heterocycles. The highest BCUT2D eigenvalue weighted by Crippen LogP contribution is 2.25. The lowest BCUT2D eigenvalue weighted by molar-refractivity contribution is -0.0789. The first-order valence-corrected chi connectivity index (χ1v) is 6.48. The molecule has 0 aromatic carbocycles. The Morgan fingerprint density at radius 1 is 1.38 bits per heavy atom. The van der Waals surface area contributed by atoms with E-state index in [2.05, 4.69) is 4.90 Å². The normalized spacial score (nSPS) is 39.6. The second-order valence-corrected chi connectivity index (χ2v) is 5.18. The van der Waals surface area contributed by atoms with E-state index in [0.29, 0.717) is 6.04 Å². The van der Waals surface area contributed by atoms with Crippen molar-refractivity contribution in [3.8, 4) is 0 Å². The van der Waals surface area contributed by atoms with Crippen LogP contribution in [0.4, 0.5) is 0 Å². The van der Waals surface area contributed by atoms with Crippen molar-refractivity contribution in [2.75, 3.05) is 19.7 Å². The third kappa shape index (κ3) is 2.74. The Bertz CT molecular complexity index is 223. The summed E-state index contributed by atoms with van der Waals surface area (Å²) in [6, 6.07) is 0.405. The Hall–Kier alpha value is -0.160. The van der Waals surface area contributed by atoms with Crippen LogP contribution in [0.15, 0.2) is 0 Å². The second-order valence-electron chi connectivity index (χ2n) is 5.18. The van der Waals surface area contributed by atoms with Gasteiger partial charge in [0.15, 0.2) is 0 Å². The van der Waals surface area contributed by atoms with Gasteiger partial charge in [0, 0.05) is 25.2 Å². The van der Waals surface area contributed by atoms with Gasteiger partial charge in [-0.1, -0.05) is 12.8 Å². The van der Waals surface area contributed by atoms with E-state index in [1.165, 1.54) is 12.8 Å². The Morgan fingerprint density at radius 2 is 2.12 bits per heavy atom. The van der Waals surface area contributed by atoms with E-state index >= 15 is 0 Å². The van der Waals surface area contributed by atoms with Gasteiger partial charge in [-0.3, -0.25) is 4.90 Å². The van der Waals surface area contributed by atoms with Crippen molar-refractivity contribution in [2.24, 2.45) is 5.73 Å². The predicted octanol–water partition coefficient (Wildman–Crippen LogP) is 0.338. The highest BCUT2D eigenvalue weighted by Gasteiger charge is 2.33. The zero-order valence-electron chi connectivity index (χ0n) is 10.1. The number of nitrogens with zero attached hydrogens (tertiary/aromatic N) is 1. The molecule has 0 radical (unpaired) electrons. The molecule has 0 spiro atoms. The first kappa shape index (κ1) is 12.3. The average molecular weight is 228 g/mol. The summed E-state index contributed by atoms with van der Waals surface area (Å²) in [5, 5.41) is 10.0. The van der Waals surface area contributed by atoms with Crippen molar-refractivity contribution in [1.29, 1.82) is 0 Å². The fourth-order valence-electron chi connectivity index (χ4n) is 2.83. The summed E-state index contributed by atoms with van der Waals surface area (Å²) < 4.78 is 5.65. The molecule has 0 bridgehead atoms. The molecule has 16 heavy (non-hydrogen) atoms. The van der Waals surface area contributed by atoms with E-state index in [9.17, 15) is 5.11 Å². The number of rotatable bonds is 2. The minimum absolute atomic E-state index is 0.0727. The van der Waals surface area contributed by atoms with Gasteiger partial charge in [-0.25, -0.2) is 0 Å². The summed E-state index contributed by atoms with van der Waals surface area (Å²) >= 11 is 0. The third-order valence-electron chi connectivity index (χ3n) is 3.87. The lowest BCUT2D eigenvalue weighted by Crippen LogP contribution is -2.56. The molecule has 94 valence electrons. The maximum atomic E-state index is 10.0. The van der Waals surface area contributed by atoms with Crippen LogP contribution in [-0.2, 0) is 4.74 Å². The van der Waals surface area contributed by atoms with Gasteiger partial charge in [0.2, 0.25) is 0 Å². The number of aliphatic hydroxyl groups excluding tert-OH is 1. The average Bonchev–Trinajstić information content (AvgIpc) is 2.30. The Kier molecular flexibility index (Phi) is 4.19. The van der Waals surface area contributed by atoms with Gasteiger partial charge < -0.3 is 15.6 Å². The van der Waals surface area contributed by atoms with Crippen LogP contribution in [-0.4, -0.2) is 54.0 Å². The fraction of sp³-hybridized carbons (Fsp3) is 1.00. The van der Waals surface area contributed by atoms with Crippen LogP contribution in [0.2, 0.25) is 0 Å². The lowest BCUT2D eigenvalue weighted by Gasteiger charge is -2.42. The van der Waals surface area contributed by atoms with E-state index in [4.69, 9.17) is 10.5 Å². The van der Waals surface area contributed by atoms with Gasteiger partial charge >= 0.3 is 0 Å². The molecule has 1 aliphatic heterocycles. The van der Waals surface area contributed by atoms with E-state index < -0.39 is 0 Å². The SMILES string of the molecule is CC(N)C1CN(C2CCCCC2O)CCO1. The number of aliphatic hydroxyl groups is 1. The molecule has 2 rings (SSSR count). The van der Waals surface area contributed by atoms with Gasteiger partial charge in [-0.2, -0.15) is 0 Å². The number of morpholine rings is 1. The zero-order valence-corrected chi connectivity index (χ0v) is 10.1. The first-order chi connectivity index (χ1) is 7.68. The van der Waals surface area contributed by atoms with Crippen LogP contribution < -0.4 is 5.73 Å². The predicted molar refractivity (Wildman–Crippen MR) is 63.2 cm³/mol. The second kappa shape index (κ2) is 5.45.